The van der Waals surface area contributed by atoms with Gasteiger partial charge in [-0.1, -0.05) is 37.5 Å². The Morgan fingerprint density at radius 1 is 1.28 bits per heavy atom. The van der Waals surface area contributed by atoms with Crippen LogP contribution in [-0.2, 0) is 14.3 Å². The fraction of sp³-hybridized carbons (Fsp3) is 0.538. The Labute approximate surface area is 109 Å². The van der Waals surface area contributed by atoms with Crippen LogP contribution >= 0.6 is 0 Å². The van der Waals surface area contributed by atoms with E-state index in [4.69, 9.17) is 4.18 Å². The normalized spacial score (nSPS) is 13.5. The van der Waals surface area contributed by atoms with Gasteiger partial charge in [-0.3, -0.25) is 4.18 Å². The molecule has 4 nitrogen and oxygen atoms in total. The fourth-order valence-corrected chi connectivity index (χ4v) is 2.41. The van der Waals surface area contributed by atoms with Crippen molar-refractivity contribution in [3.8, 4) is 0 Å². The molecule has 0 heterocycles. The average Bonchev–Trinajstić information content (AvgIpc) is 2.34. The minimum Gasteiger partial charge on any atom is -0.391 e. The summed E-state index contributed by atoms with van der Waals surface area (Å²) in [5.74, 6) is 0. The molecule has 1 rings (SSSR count). The highest BCUT2D eigenvalue weighted by atomic mass is 32.2. The van der Waals surface area contributed by atoms with E-state index in [9.17, 15) is 13.5 Å². The van der Waals surface area contributed by atoms with Crippen molar-refractivity contribution in [2.75, 3.05) is 6.61 Å². The summed E-state index contributed by atoms with van der Waals surface area (Å²) in [6, 6.07) is 6.43. The molecule has 18 heavy (non-hydrogen) atoms. The highest BCUT2D eigenvalue weighted by molar-refractivity contribution is 7.86. The van der Waals surface area contributed by atoms with Crippen molar-refractivity contribution in [2.45, 2.75) is 44.1 Å². The third-order valence-corrected chi connectivity index (χ3v) is 3.91. The van der Waals surface area contributed by atoms with Crippen LogP contribution in [0.15, 0.2) is 29.2 Å². The van der Waals surface area contributed by atoms with Gasteiger partial charge in [0, 0.05) is 0 Å². The van der Waals surface area contributed by atoms with E-state index in [2.05, 4.69) is 0 Å². The van der Waals surface area contributed by atoms with Crippen molar-refractivity contribution >= 4 is 10.1 Å². The third kappa shape index (κ3) is 4.76. The number of unbranched alkanes of at least 4 members (excludes halogenated alkanes) is 1. The molecule has 1 aromatic carbocycles. The second-order valence-corrected chi connectivity index (χ2v) is 5.96. The van der Waals surface area contributed by atoms with Gasteiger partial charge in [-0.05, 0) is 25.5 Å². The Hall–Kier alpha value is -0.910. The summed E-state index contributed by atoms with van der Waals surface area (Å²) in [6.45, 7) is 3.71. The van der Waals surface area contributed by atoms with Crippen molar-refractivity contribution in [1.82, 2.24) is 0 Å². The molecule has 0 fully saturated rings. The van der Waals surface area contributed by atoms with Gasteiger partial charge >= 0.3 is 0 Å². The summed E-state index contributed by atoms with van der Waals surface area (Å²) < 4.78 is 28.4. The smallest absolute Gasteiger partial charge is 0.297 e. The minimum atomic E-state index is -3.76. The molecule has 0 aliphatic carbocycles. The van der Waals surface area contributed by atoms with Crippen molar-refractivity contribution < 1.29 is 17.7 Å². The summed E-state index contributed by atoms with van der Waals surface area (Å²) >= 11 is 0. The fourth-order valence-electron chi connectivity index (χ4n) is 1.46. The van der Waals surface area contributed by atoms with Crippen LogP contribution in [0, 0.1) is 6.92 Å². The molecule has 0 saturated carbocycles. The summed E-state index contributed by atoms with van der Waals surface area (Å²) in [6.07, 6.45) is 1.64. The maximum absolute atomic E-state index is 11.8. The summed E-state index contributed by atoms with van der Waals surface area (Å²) in [7, 11) is -3.76. The van der Waals surface area contributed by atoms with E-state index >= 15 is 0 Å². The molecule has 5 heteroatoms. The van der Waals surface area contributed by atoms with Gasteiger partial charge < -0.3 is 5.11 Å². The predicted molar refractivity (Wildman–Crippen MR) is 69.8 cm³/mol. The highest BCUT2D eigenvalue weighted by Crippen LogP contribution is 2.14. The lowest BCUT2D eigenvalue weighted by molar-refractivity contribution is 0.101. The Kier molecular flexibility index (Phi) is 5.78. The van der Waals surface area contributed by atoms with E-state index in [1.165, 1.54) is 12.1 Å². The van der Waals surface area contributed by atoms with E-state index in [1.54, 1.807) is 12.1 Å². The molecule has 0 saturated heterocycles. The Morgan fingerprint density at radius 2 is 1.89 bits per heavy atom. The number of aryl methyl sites for hydroxylation is 1. The molecule has 0 spiro atoms. The van der Waals surface area contributed by atoms with Gasteiger partial charge in [-0.25, -0.2) is 0 Å². The second kappa shape index (κ2) is 6.87. The number of rotatable bonds is 7. The zero-order valence-corrected chi connectivity index (χ0v) is 11.6. The number of benzene rings is 1. The van der Waals surface area contributed by atoms with E-state index in [0.29, 0.717) is 6.42 Å². The molecule has 0 unspecified atom stereocenters. The Morgan fingerprint density at radius 3 is 2.44 bits per heavy atom. The Balaban J connectivity index is 2.57. The van der Waals surface area contributed by atoms with Gasteiger partial charge in [0.15, 0.2) is 0 Å². The molecule has 0 aromatic heterocycles. The predicted octanol–water partition coefficient (Wildman–Crippen LogP) is 2.25. The first kappa shape index (κ1) is 15.1. The molecule has 0 aliphatic heterocycles. The van der Waals surface area contributed by atoms with Crippen molar-refractivity contribution in [3.63, 3.8) is 0 Å². The van der Waals surface area contributed by atoms with Crippen LogP contribution in [-0.4, -0.2) is 26.2 Å². The van der Waals surface area contributed by atoms with Gasteiger partial charge in [0.2, 0.25) is 0 Å². The molecular formula is C13H20O4S. The van der Waals surface area contributed by atoms with Crippen LogP contribution in [0.25, 0.3) is 0 Å². The van der Waals surface area contributed by atoms with Gasteiger partial charge in [-0.15, -0.1) is 0 Å². The maximum Gasteiger partial charge on any atom is 0.297 e. The van der Waals surface area contributed by atoms with Gasteiger partial charge in [0.05, 0.1) is 17.6 Å². The zero-order chi connectivity index (χ0) is 13.6. The maximum atomic E-state index is 11.8. The molecule has 102 valence electrons. The molecule has 0 bridgehead atoms. The summed E-state index contributed by atoms with van der Waals surface area (Å²) in [5, 5.41) is 9.55. The van der Waals surface area contributed by atoms with Crippen molar-refractivity contribution in [3.05, 3.63) is 29.8 Å². The van der Waals surface area contributed by atoms with E-state index in [0.717, 1.165) is 18.4 Å². The van der Waals surface area contributed by atoms with E-state index in [1.807, 2.05) is 13.8 Å². The Bertz CT molecular complexity index is 450. The van der Waals surface area contributed by atoms with Crippen molar-refractivity contribution in [2.24, 2.45) is 0 Å². The number of aliphatic hydroxyl groups excluding tert-OH is 1. The van der Waals surface area contributed by atoms with E-state index < -0.39 is 16.2 Å². The lowest BCUT2D eigenvalue weighted by Crippen LogP contribution is -2.18. The van der Waals surface area contributed by atoms with Crippen LogP contribution in [0.2, 0.25) is 0 Å². The molecule has 0 radical (unpaired) electrons. The standard InChI is InChI=1S/C13H20O4S/c1-3-4-5-12(14)10-17-18(15,16)13-8-6-11(2)7-9-13/h6-9,12,14H,3-5,10H2,1-2H3/t12-/m0/s1. The number of hydrogen-bond acceptors (Lipinski definition) is 4. The second-order valence-electron chi connectivity index (χ2n) is 4.35. The van der Waals surface area contributed by atoms with Crippen molar-refractivity contribution in [1.29, 1.82) is 0 Å². The first-order chi connectivity index (χ1) is 8.45. The van der Waals surface area contributed by atoms with Crippen LogP contribution in [0.4, 0.5) is 0 Å². The molecular weight excluding hydrogens is 252 g/mol. The van der Waals surface area contributed by atoms with Gasteiger partial charge in [0.25, 0.3) is 10.1 Å². The van der Waals surface area contributed by atoms with Gasteiger partial charge in [-0.2, -0.15) is 8.42 Å². The molecule has 1 N–H and O–H groups in total. The lowest BCUT2D eigenvalue weighted by Gasteiger charge is -2.10. The largest absolute Gasteiger partial charge is 0.391 e. The van der Waals surface area contributed by atoms with Crippen LogP contribution < -0.4 is 0 Å². The van der Waals surface area contributed by atoms with Gasteiger partial charge in [0.1, 0.15) is 0 Å². The lowest BCUT2D eigenvalue weighted by atomic mass is 10.2. The first-order valence-corrected chi connectivity index (χ1v) is 7.50. The SMILES string of the molecule is CCCC[C@H](O)COS(=O)(=O)c1ccc(C)cc1. The number of hydrogen-bond donors (Lipinski definition) is 1. The molecule has 0 amide bonds. The van der Waals surface area contributed by atoms with Crippen LogP contribution in [0.5, 0.6) is 0 Å². The topological polar surface area (TPSA) is 63.6 Å². The zero-order valence-electron chi connectivity index (χ0n) is 10.8. The highest BCUT2D eigenvalue weighted by Gasteiger charge is 2.16. The first-order valence-electron chi connectivity index (χ1n) is 6.10. The molecule has 1 atom stereocenters. The summed E-state index contributed by atoms with van der Waals surface area (Å²) in [4.78, 5) is 0.121. The summed E-state index contributed by atoms with van der Waals surface area (Å²) in [5.41, 5.74) is 0.983. The monoisotopic (exact) mass is 272 g/mol. The quantitative estimate of drug-likeness (QED) is 0.773. The average molecular weight is 272 g/mol. The van der Waals surface area contributed by atoms with Crippen LogP contribution in [0.1, 0.15) is 31.7 Å². The molecule has 1 aromatic rings. The number of aliphatic hydroxyl groups is 1. The van der Waals surface area contributed by atoms with E-state index in [-0.39, 0.29) is 11.5 Å². The van der Waals surface area contributed by atoms with Crippen LogP contribution in [0.3, 0.4) is 0 Å². The molecule has 0 aliphatic rings. The third-order valence-electron chi connectivity index (χ3n) is 2.62. The minimum absolute atomic E-state index is 0.121.